The molecular formula is C15H20ClNO2. The highest BCUT2D eigenvalue weighted by Gasteiger charge is 2.33. The minimum absolute atomic E-state index is 0.00170. The fraction of sp³-hybridized carbons (Fsp3) is 0.533. The fourth-order valence-corrected chi connectivity index (χ4v) is 3.02. The summed E-state index contributed by atoms with van der Waals surface area (Å²) in [7, 11) is 0. The monoisotopic (exact) mass is 281 g/mol. The summed E-state index contributed by atoms with van der Waals surface area (Å²) in [4.78, 5) is 12.3. The summed E-state index contributed by atoms with van der Waals surface area (Å²) in [5, 5.41) is 13.2. The predicted molar refractivity (Wildman–Crippen MR) is 76.6 cm³/mol. The van der Waals surface area contributed by atoms with E-state index in [9.17, 15) is 9.90 Å². The lowest BCUT2D eigenvalue weighted by Gasteiger charge is -2.36. The summed E-state index contributed by atoms with van der Waals surface area (Å²) in [6.07, 6.45) is 4.96. The van der Waals surface area contributed by atoms with Crippen LogP contribution in [0.3, 0.4) is 0 Å². The van der Waals surface area contributed by atoms with Gasteiger partial charge in [-0.05, 0) is 43.5 Å². The van der Waals surface area contributed by atoms with Crippen molar-refractivity contribution in [2.45, 2.75) is 44.6 Å². The lowest BCUT2D eigenvalue weighted by atomic mass is 9.82. The van der Waals surface area contributed by atoms with Gasteiger partial charge in [0, 0.05) is 10.6 Å². The Bertz CT molecular complexity index is 447. The maximum absolute atomic E-state index is 12.3. The highest BCUT2D eigenvalue weighted by molar-refractivity contribution is 6.31. The first-order chi connectivity index (χ1) is 9.04. The van der Waals surface area contributed by atoms with Crippen molar-refractivity contribution in [3.05, 3.63) is 34.3 Å². The fourth-order valence-electron chi connectivity index (χ4n) is 2.73. The molecule has 0 bridgehead atoms. The average molecular weight is 282 g/mol. The van der Waals surface area contributed by atoms with Gasteiger partial charge in [-0.2, -0.15) is 0 Å². The first kappa shape index (κ1) is 14.4. The second-order valence-corrected chi connectivity index (χ2v) is 5.91. The van der Waals surface area contributed by atoms with E-state index in [0.29, 0.717) is 10.6 Å². The van der Waals surface area contributed by atoms with Crippen LogP contribution in [0.4, 0.5) is 0 Å². The van der Waals surface area contributed by atoms with E-state index < -0.39 is 5.54 Å². The van der Waals surface area contributed by atoms with Crippen molar-refractivity contribution < 1.29 is 9.90 Å². The number of aliphatic hydroxyl groups is 1. The molecule has 1 aromatic rings. The maximum Gasteiger partial charge on any atom is 0.251 e. The molecule has 0 aromatic heterocycles. The summed E-state index contributed by atoms with van der Waals surface area (Å²) in [5.74, 6) is -0.151. The molecule has 1 aliphatic rings. The normalized spacial score (nSPS) is 18.1. The van der Waals surface area contributed by atoms with Crippen LogP contribution >= 0.6 is 11.6 Å². The number of aryl methyl sites for hydroxylation is 1. The molecule has 1 aromatic carbocycles. The third-order valence-electron chi connectivity index (χ3n) is 3.80. The number of hydrogen-bond donors (Lipinski definition) is 2. The van der Waals surface area contributed by atoms with E-state index >= 15 is 0 Å². The Morgan fingerprint density at radius 1 is 1.32 bits per heavy atom. The molecule has 2 N–H and O–H groups in total. The van der Waals surface area contributed by atoms with Crippen LogP contribution in [0.5, 0.6) is 0 Å². The zero-order valence-corrected chi connectivity index (χ0v) is 12.0. The largest absolute Gasteiger partial charge is 0.394 e. The molecule has 0 unspecified atom stereocenters. The number of amides is 1. The molecule has 0 spiro atoms. The molecule has 0 radical (unpaired) electrons. The van der Waals surface area contributed by atoms with Crippen LogP contribution in [0.2, 0.25) is 5.02 Å². The summed E-state index contributed by atoms with van der Waals surface area (Å²) in [6, 6.07) is 5.30. The predicted octanol–water partition coefficient (Wildman–Crippen LogP) is 3.07. The van der Waals surface area contributed by atoms with E-state index in [1.165, 1.54) is 6.42 Å². The van der Waals surface area contributed by atoms with Gasteiger partial charge in [-0.1, -0.05) is 30.9 Å². The minimum atomic E-state index is -0.453. The molecule has 3 nitrogen and oxygen atoms in total. The van der Waals surface area contributed by atoms with E-state index in [1.807, 2.05) is 19.1 Å². The summed E-state index contributed by atoms with van der Waals surface area (Å²) >= 11 is 5.98. The summed E-state index contributed by atoms with van der Waals surface area (Å²) in [6.45, 7) is 1.91. The van der Waals surface area contributed by atoms with Gasteiger partial charge in [-0.3, -0.25) is 4.79 Å². The van der Waals surface area contributed by atoms with Crippen LogP contribution < -0.4 is 5.32 Å². The Morgan fingerprint density at radius 2 is 2.00 bits per heavy atom. The van der Waals surface area contributed by atoms with Crippen molar-refractivity contribution >= 4 is 17.5 Å². The van der Waals surface area contributed by atoms with Gasteiger partial charge in [0.25, 0.3) is 5.91 Å². The Hall–Kier alpha value is -1.06. The van der Waals surface area contributed by atoms with Gasteiger partial charge in [0.15, 0.2) is 0 Å². The van der Waals surface area contributed by atoms with Gasteiger partial charge in [0.1, 0.15) is 0 Å². The topological polar surface area (TPSA) is 49.3 Å². The lowest BCUT2D eigenvalue weighted by molar-refractivity contribution is 0.0758. The van der Waals surface area contributed by atoms with Crippen LogP contribution in [0.25, 0.3) is 0 Å². The van der Waals surface area contributed by atoms with E-state index in [2.05, 4.69) is 5.32 Å². The Morgan fingerprint density at radius 3 is 2.58 bits per heavy atom. The number of carbonyl (C=O) groups is 1. The second-order valence-electron chi connectivity index (χ2n) is 5.47. The number of rotatable bonds is 3. The smallest absolute Gasteiger partial charge is 0.251 e. The molecule has 0 saturated heterocycles. The molecule has 1 amide bonds. The van der Waals surface area contributed by atoms with E-state index in [0.717, 1.165) is 31.2 Å². The third-order valence-corrected chi connectivity index (χ3v) is 4.01. The van der Waals surface area contributed by atoms with Crippen LogP contribution in [0.1, 0.15) is 48.0 Å². The zero-order chi connectivity index (χ0) is 13.9. The van der Waals surface area contributed by atoms with Gasteiger partial charge in [-0.25, -0.2) is 0 Å². The van der Waals surface area contributed by atoms with E-state index in [1.54, 1.807) is 6.07 Å². The highest BCUT2D eigenvalue weighted by Crippen LogP contribution is 2.28. The molecule has 104 valence electrons. The van der Waals surface area contributed by atoms with Crippen molar-refractivity contribution in [2.75, 3.05) is 6.61 Å². The quantitative estimate of drug-likeness (QED) is 0.894. The van der Waals surface area contributed by atoms with E-state index in [4.69, 9.17) is 11.6 Å². The van der Waals surface area contributed by atoms with Gasteiger partial charge in [0.05, 0.1) is 12.1 Å². The third kappa shape index (κ3) is 3.48. The van der Waals surface area contributed by atoms with Crippen LogP contribution in [-0.4, -0.2) is 23.2 Å². The SMILES string of the molecule is Cc1cc(Cl)cc(C(=O)NC2(CO)CCCCC2)c1. The molecule has 2 rings (SSSR count). The van der Waals surface area contributed by atoms with Gasteiger partial charge >= 0.3 is 0 Å². The number of hydrogen-bond acceptors (Lipinski definition) is 2. The number of benzene rings is 1. The first-order valence-corrected chi connectivity index (χ1v) is 7.13. The van der Waals surface area contributed by atoms with Crippen molar-refractivity contribution in [1.29, 1.82) is 0 Å². The van der Waals surface area contributed by atoms with Crippen molar-refractivity contribution in [3.8, 4) is 0 Å². The molecule has 1 aliphatic carbocycles. The Balaban J connectivity index is 2.15. The maximum atomic E-state index is 12.3. The van der Waals surface area contributed by atoms with Crippen LogP contribution in [-0.2, 0) is 0 Å². The second kappa shape index (κ2) is 5.93. The number of nitrogens with one attached hydrogen (secondary N) is 1. The van der Waals surface area contributed by atoms with Gasteiger partial charge in [-0.15, -0.1) is 0 Å². The van der Waals surface area contributed by atoms with Crippen LogP contribution in [0, 0.1) is 6.92 Å². The molecule has 4 heteroatoms. The molecule has 1 fully saturated rings. The molecule has 0 atom stereocenters. The molecule has 0 heterocycles. The Kier molecular flexibility index (Phi) is 4.48. The zero-order valence-electron chi connectivity index (χ0n) is 11.2. The number of halogens is 1. The lowest BCUT2D eigenvalue weighted by Crippen LogP contribution is -2.52. The van der Waals surface area contributed by atoms with Crippen molar-refractivity contribution in [2.24, 2.45) is 0 Å². The number of aliphatic hydroxyl groups excluding tert-OH is 1. The van der Waals surface area contributed by atoms with Crippen molar-refractivity contribution in [1.82, 2.24) is 5.32 Å². The first-order valence-electron chi connectivity index (χ1n) is 6.75. The molecule has 1 saturated carbocycles. The summed E-state index contributed by atoms with van der Waals surface area (Å²) < 4.78 is 0. The van der Waals surface area contributed by atoms with Crippen molar-refractivity contribution in [3.63, 3.8) is 0 Å². The average Bonchev–Trinajstić information content (AvgIpc) is 2.38. The summed E-state index contributed by atoms with van der Waals surface area (Å²) in [5.41, 5.74) is 1.06. The van der Waals surface area contributed by atoms with Gasteiger partial charge in [0.2, 0.25) is 0 Å². The molecule has 0 aliphatic heterocycles. The highest BCUT2D eigenvalue weighted by atomic mass is 35.5. The number of carbonyl (C=O) groups excluding carboxylic acids is 1. The molecular weight excluding hydrogens is 262 g/mol. The molecule has 19 heavy (non-hydrogen) atoms. The van der Waals surface area contributed by atoms with Gasteiger partial charge < -0.3 is 10.4 Å². The standard InChI is InChI=1S/C15H20ClNO2/c1-11-7-12(9-13(16)8-11)14(19)17-15(10-18)5-3-2-4-6-15/h7-9,18H,2-6,10H2,1H3,(H,17,19). The van der Waals surface area contributed by atoms with Crippen LogP contribution in [0.15, 0.2) is 18.2 Å². The minimum Gasteiger partial charge on any atom is -0.394 e. The van der Waals surface area contributed by atoms with E-state index in [-0.39, 0.29) is 12.5 Å². The Labute approximate surface area is 119 Å².